The van der Waals surface area contributed by atoms with Crippen LogP contribution in [0.2, 0.25) is 0 Å². The summed E-state index contributed by atoms with van der Waals surface area (Å²) in [7, 11) is 2.06. The van der Waals surface area contributed by atoms with Gasteiger partial charge in [-0.15, -0.1) is 11.3 Å². The summed E-state index contributed by atoms with van der Waals surface area (Å²) in [5.41, 5.74) is 2.56. The third-order valence-corrected chi connectivity index (χ3v) is 5.21. The molecule has 1 atom stereocenters. The monoisotopic (exact) mass is 274 g/mol. The Labute approximate surface area is 116 Å². The summed E-state index contributed by atoms with van der Waals surface area (Å²) in [6.07, 6.45) is 10.1. The van der Waals surface area contributed by atoms with Gasteiger partial charge in [-0.3, -0.25) is 0 Å². The van der Waals surface area contributed by atoms with Crippen molar-refractivity contribution in [1.29, 1.82) is 0 Å². The third-order valence-electron chi connectivity index (χ3n) is 3.99. The molecule has 2 aromatic heterocycles. The summed E-state index contributed by atoms with van der Waals surface area (Å²) >= 11 is 1.89. The molecule has 0 amide bonds. The highest BCUT2D eigenvalue weighted by Gasteiger charge is 2.30. The van der Waals surface area contributed by atoms with Crippen molar-refractivity contribution in [2.45, 2.75) is 44.2 Å². The zero-order chi connectivity index (χ0) is 12.8. The summed E-state index contributed by atoms with van der Waals surface area (Å²) in [6, 6.07) is 0.884. The van der Waals surface area contributed by atoms with Crippen LogP contribution in [0.3, 0.4) is 0 Å². The van der Waals surface area contributed by atoms with Crippen LogP contribution >= 0.6 is 11.3 Å². The van der Waals surface area contributed by atoms with Crippen molar-refractivity contribution < 1.29 is 0 Å². The normalized spacial score (nSPS) is 19.6. The predicted molar refractivity (Wildman–Crippen MR) is 75.3 cm³/mol. The predicted octanol–water partition coefficient (Wildman–Crippen LogP) is 2.21. The molecular formula is C14H18N4S. The molecular weight excluding hydrogens is 256 g/mol. The first kappa shape index (κ1) is 11.6. The van der Waals surface area contributed by atoms with E-state index in [1.54, 1.807) is 0 Å². The van der Waals surface area contributed by atoms with Gasteiger partial charge >= 0.3 is 0 Å². The summed E-state index contributed by atoms with van der Waals surface area (Å²) in [5, 5.41) is 4.95. The maximum atomic E-state index is 4.88. The van der Waals surface area contributed by atoms with Crippen LogP contribution in [-0.2, 0) is 19.9 Å². The van der Waals surface area contributed by atoms with Crippen molar-refractivity contribution in [3.63, 3.8) is 0 Å². The molecule has 1 N–H and O–H groups in total. The summed E-state index contributed by atoms with van der Waals surface area (Å²) in [4.78, 5) is 10.6. The molecule has 2 aliphatic rings. The number of hydrogen-bond acceptors (Lipinski definition) is 4. The first-order valence-corrected chi connectivity index (χ1v) is 7.83. The quantitative estimate of drug-likeness (QED) is 0.929. The number of aryl methyl sites for hydroxylation is 3. The van der Waals surface area contributed by atoms with E-state index < -0.39 is 0 Å². The zero-order valence-electron chi connectivity index (χ0n) is 11.1. The van der Waals surface area contributed by atoms with Crippen molar-refractivity contribution >= 4 is 11.3 Å². The van der Waals surface area contributed by atoms with Crippen LogP contribution < -0.4 is 5.32 Å². The molecule has 0 aliphatic heterocycles. The topological polar surface area (TPSA) is 42.7 Å². The minimum atomic E-state index is 0.218. The van der Waals surface area contributed by atoms with E-state index in [0.717, 1.165) is 6.42 Å². The molecule has 0 saturated heterocycles. The maximum Gasteiger partial charge on any atom is 0.116 e. The number of hydrogen-bond donors (Lipinski definition) is 1. The number of imidazole rings is 1. The fourth-order valence-corrected chi connectivity index (χ4v) is 3.98. The van der Waals surface area contributed by atoms with Crippen LogP contribution in [-0.4, -0.2) is 20.6 Å². The summed E-state index contributed by atoms with van der Waals surface area (Å²) in [6.45, 7) is 0. The van der Waals surface area contributed by atoms with E-state index >= 15 is 0 Å². The average Bonchev–Trinajstić information content (AvgIpc) is 2.79. The molecule has 2 aliphatic carbocycles. The molecule has 4 rings (SSSR count). The number of thiazole rings is 1. The van der Waals surface area contributed by atoms with Crippen LogP contribution in [0.4, 0.5) is 0 Å². The molecule has 0 spiro atoms. The molecule has 1 fully saturated rings. The SMILES string of the molecule is Cn1cncc1C(NC1CC1)c1nc2c(s1)CCC2. The van der Waals surface area contributed by atoms with E-state index in [2.05, 4.69) is 21.9 Å². The average molecular weight is 274 g/mol. The minimum absolute atomic E-state index is 0.218. The van der Waals surface area contributed by atoms with Crippen molar-refractivity contribution in [3.8, 4) is 0 Å². The van der Waals surface area contributed by atoms with Gasteiger partial charge in [0.15, 0.2) is 0 Å². The fourth-order valence-electron chi connectivity index (χ4n) is 2.75. The summed E-state index contributed by atoms with van der Waals surface area (Å²) < 4.78 is 2.10. The van der Waals surface area contributed by atoms with Gasteiger partial charge in [0.25, 0.3) is 0 Å². The largest absolute Gasteiger partial charge is 0.336 e. The van der Waals surface area contributed by atoms with Gasteiger partial charge in [0.1, 0.15) is 11.0 Å². The van der Waals surface area contributed by atoms with E-state index in [0.29, 0.717) is 6.04 Å². The lowest BCUT2D eigenvalue weighted by molar-refractivity contribution is 0.566. The van der Waals surface area contributed by atoms with E-state index in [-0.39, 0.29) is 6.04 Å². The van der Waals surface area contributed by atoms with Crippen molar-refractivity contribution in [3.05, 3.63) is 33.8 Å². The highest BCUT2D eigenvalue weighted by Crippen LogP contribution is 2.35. The number of fused-ring (bicyclic) bond motifs is 1. The first-order chi connectivity index (χ1) is 9.31. The Morgan fingerprint density at radius 3 is 3.00 bits per heavy atom. The minimum Gasteiger partial charge on any atom is -0.336 e. The highest BCUT2D eigenvalue weighted by molar-refractivity contribution is 7.11. The third kappa shape index (κ3) is 2.11. The second-order valence-corrected chi connectivity index (χ2v) is 6.69. The Morgan fingerprint density at radius 2 is 2.32 bits per heavy atom. The molecule has 1 saturated carbocycles. The molecule has 100 valence electrons. The maximum absolute atomic E-state index is 4.88. The van der Waals surface area contributed by atoms with E-state index in [9.17, 15) is 0 Å². The Kier molecular flexibility index (Phi) is 2.70. The number of rotatable bonds is 4. The molecule has 4 nitrogen and oxygen atoms in total. The Bertz CT molecular complexity index is 575. The fraction of sp³-hybridized carbons (Fsp3) is 0.571. The lowest BCUT2D eigenvalue weighted by Crippen LogP contribution is -2.26. The Hall–Kier alpha value is -1.20. The van der Waals surface area contributed by atoms with Gasteiger partial charge in [-0.25, -0.2) is 9.97 Å². The Morgan fingerprint density at radius 1 is 1.42 bits per heavy atom. The second kappa shape index (κ2) is 4.42. The second-order valence-electron chi connectivity index (χ2n) is 5.58. The smallest absolute Gasteiger partial charge is 0.116 e. The number of aromatic nitrogens is 3. The molecule has 19 heavy (non-hydrogen) atoms. The van der Waals surface area contributed by atoms with Gasteiger partial charge in [-0.2, -0.15) is 0 Å². The van der Waals surface area contributed by atoms with Gasteiger partial charge in [-0.05, 0) is 32.1 Å². The van der Waals surface area contributed by atoms with Gasteiger partial charge in [0.05, 0.1) is 23.9 Å². The zero-order valence-corrected chi connectivity index (χ0v) is 11.9. The molecule has 2 heterocycles. The van der Waals surface area contributed by atoms with Crippen LogP contribution in [0.15, 0.2) is 12.5 Å². The van der Waals surface area contributed by atoms with Crippen LogP contribution in [0.5, 0.6) is 0 Å². The van der Waals surface area contributed by atoms with Crippen LogP contribution in [0, 0.1) is 0 Å². The van der Waals surface area contributed by atoms with Crippen LogP contribution in [0.1, 0.15) is 46.6 Å². The van der Waals surface area contributed by atoms with Crippen molar-refractivity contribution in [2.75, 3.05) is 0 Å². The van der Waals surface area contributed by atoms with Crippen molar-refractivity contribution in [2.24, 2.45) is 7.05 Å². The lowest BCUT2D eigenvalue weighted by Gasteiger charge is -2.16. The standard InChI is InChI=1S/C14H18N4S/c1-18-8-15-7-11(18)13(16-9-5-6-9)14-17-10-3-2-4-12(10)19-14/h7-9,13,16H,2-6H2,1H3. The molecule has 2 aromatic rings. The van der Waals surface area contributed by atoms with Gasteiger partial charge in [-0.1, -0.05) is 0 Å². The highest BCUT2D eigenvalue weighted by atomic mass is 32.1. The number of nitrogens with one attached hydrogen (secondary N) is 1. The van der Waals surface area contributed by atoms with Crippen LogP contribution in [0.25, 0.3) is 0 Å². The summed E-state index contributed by atoms with van der Waals surface area (Å²) in [5.74, 6) is 0. The van der Waals surface area contributed by atoms with Gasteiger partial charge < -0.3 is 9.88 Å². The van der Waals surface area contributed by atoms with E-state index in [1.165, 1.54) is 47.0 Å². The molecule has 1 unspecified atom stereocenters. The van der Waals surface area contributed by atoms with Gasteiger partial charge in [0, 0.05) is 18.0 Å². The molecule has 5 heteroatoms. The van der Waals surface area contributed by atoms with E-state index in [1.807, 2.05) is 23.9 Å². The number of nitrogens with zero attached hydrogens (tertiary/aromatic N) is 3. The molecule has 0 radical (unpaired) electrons. The molecule has 0 aromatic carbocycles. The first-order valence-electron chi connectivity index (χ1n) is 7.02. The van der Waals surface area contributed by atoms with Crippen molar-refractivity contribution in [1.82, 2.24) is 19.9 Å². The molecule has 0 bridgehead atoms. The lowest BCUT2D eigenvalue weighted by atomic mass is 10.2. The Balaban J connectivity index is 1.70. The van der Waals surface area contributed by atoms with Gasteiger partial charge in [0.2, 0.25) is 0 Å². The van der Waals surface area contributed by atoms with E-state index in [4.69, 9.17) is 4.98 Å².